The van der Waals surface area contributed by atoms with Gasteiger partial charge in [-0.3, -0.25) is 14.4 Å². The summed E-state index contributed by atoms with van der Waals surface area (Å²) in [4.78, 5) is 42.7. The Morgan fingerprint density at radius 3 is 1.98 bits per heavy atom. The van der Waals surface area contributed by atoms with Gasteiger partial charge in [-0.1, -0.05) is 93.9 Å². The molecule has 0 bridgehead atoms. The van der Waals surface area contributed by atoms with Gasteiger partial charge in [-0.15, -0.1) is 0 Å². The number of carbonyl (C=O) groups is 3. The minimum atomic E-state index is -0.831. The van der Waals surface area contributed by atoms with E-state index in [2.05, 4.69) is 34.6 Å². The van der Waals surface area contributed by atoms with Gasteiger partial charge in [-0.2, -0.15) is 0 Å². The number of ether oxygens (including phenoxy) is 2. The van der Waals surface area contributed by atoms with Crippen molar-refractivity contribution in [2.24, 2.45) is 56.0 Å². The van der Waals surface area contributed by atoms with E-state index in [0.29, 0.717) is 12.8 Å². The molecule has 0 saturated heterocycles. The summed E-state index contributed by atoms with van der Waals surface area (Å²) in [5, 5.41) is 0. The maximum Gasteiger partial charge on any atom is 0.313 e. The van der Waals surface area contributed by atoms with Crippen LogP contribution in [0, 0.1) is 50.2 Å². The van der Waals surface area contributed by atoms with Crippen LogP contribution in [0.4, 0.5) is 0 Å². The highest BCUT2D eigenvalue weighted by Crippen LogP contribution is 2.75. The highest BCUT2D eigenvalue weighted by molar-refractivity contribution is 5.96. The molecule has 0 aliphatic heterocycles. The van der Waals surface area contributed by atoms with Gasteiger partial charge in [0.05, 0.1) is 17.9 Å². The number of hydrogen-bond donors (Lipinski definition) is 1. The zero-order valence-electron chi connectivity index (χ0n) is 31.2. The monoisotopic (exact) mass is 679 g/mol. The maximum absolute atomic E-state index is 14.8. The molecule has 2 aromatic carbocycles. The van der Waals surface area contributed by atoms with E-state index in [-0.39, 0.29) is 63.2 Å². The minimum absolute atomic E-state index is 0.00897. The van der Waals surface area contributed by atoms with Crippen LogP contribution >= 0.6 is 0 Å². The third-order valence-corrected chi connectivity index (χ3v) is 15.9. The first kappa shape index (κ1) is 35.2. The lowest BCUT2D eigenvalue weighted by molar-refractivity contribution is -0.201. The lowest BCUT2D eigenvalue weighted by atomic mass is 9.33. The van der Waals surface area contributed by atoms with Gasteiger partial charge in [0, 0.05) is 12.0 Å². The minimum Gasteiger partial charge on any atom is -0.469 e. The Morgan fingerprint density at radius 2 is 1.38 bits per heavy atom. The van der Waals surface area contributed by atoms with Crippen molar-refractivity contribution >= 4 is 17.7 Å². The molecule has 10 atom stereocenters. The highest BCUT2D eigenvalue weighted by atomic mass is 16.5. The average Bonchev–Trinajstić information content (AvgIpc) is 3.10. The first-order chi connectivity index (χ1) is 23.6. The molecule has 0 spiro atoms. The molecule has 6 nitrogen and oxygen atoms in total. The van der Waals surface area contributed by atoms with Crippen molar-refractivity contribution in [2.75, 3.05) is 7.11 Å². The Bertz CT molecular complexity index is 1670. The standard InChI is InChI=1S/C44H57NO5/c1-39-22-23-40(2,37(47)50-35(28-14-10-8-11-15-28)29-16-12-9-13-17-29)27-31(39)30-26-32(46)36-41(3)20-19-34(45)44(6,38(48)49-7)33(41)18-21-43(36,5)42(30,4)25-24-39/h8-17,26,31,33-36H,18-25,27,45H2,1-7H3/t31-,33+,34-,36+,39+,40-,41-,42+,43+,44-/m0/s1. The summed E-state index contributed by atoms with van der Waals surface area (Å²) in [6.45, 7) is 13.5. The highest BCUT2D eigenvalue weighted by Gasteiger charge is 2.71. The van der Waals surface area contributed by atoms with Gasteiger partial charge in [0.2, 0.25) is 0 Å². The molecule has 2 aromatic rings. The van der Waals surface area contributed by atoms with Gasteiger partial charge in [-0.25, -0.2) is 0 Å². The van der Waals surface area contributed by atoms with Gasteiger partial charge in [0.1, 0.15) is 0 Å². The van der Waals surface area contributed by atoms with E-state index in [4.69, 9.17) is 15.2 Å². The van der Waals surface area contributed by atoms with Gasteiger partial charge in [0.15, 0.2) is 11.9 Å². The second-order valence-electron chi connectivity index (χ2n) is 18.3. The molecule has 0 amide bonds. The average molecular weight is 680 g/mol. The lowest BCUT2D eigenvalue weighted by Crippen LogP contribution is -2.69. The molecule has 4 fully saturated rings. The summed E-state index contributed by atoms with van der Waals surface area (Å²) in [7, 11) is 1.46. The van der Waals surface area contributed by atoms with E-state index in [0.717, 1.165) is 56.1 Å². The number of ketones is 1. The van der Waals surface area contributed by atoms with Crippen molar-refractivity contribution < 1.29 is 23.9 Å². The fraction of sp³-hybridized carbons (Fsp3) is 0.614. The molecular weight excluding hydrogens is 622 g/mol. The van der Waals surface area contributed by atoms with Crippen LogP contribution in [-0.2, 0) is 23.9 Å². The molecular formula is C44H57NO5. The van der Waals surface area contributed by atoms with E-state index < -0.39 is 16.9 Å². The molecule has 5 aliphatic carbocycles. The third kappa shape index (κ3) is 4.86. The number of fused-ring (bicyclic) bond motifs is 7. The summed E-state index contributed by atoms with van der Waals surface area (Å²) in [6.07, 6.45) is 9.19. The van der Waals surface area contributed by atoms with Crippen LogP contribution in [0.3, 0.4) is 0 Å². The lowest BCUT2D eigenvalue weighted by Gasteiger charge is -2.70. The van der Waals surface area contributed by atoms with Gasteiger partial charge in [0.25, 0.3) is 0 Å². The Labute approximate surface area is 298 Å². The van der Waals surface area contributed by atoms with E-state index in [1.807, 2.05) is 73.7 Å². The second-order valence-corrected chi connectivity index (χ2v) is 18.3. The summed E-state index contributed by atoms with van der Waals surface area (Å²) in [5.41, 5.74) is 7.52. The quantitative estimate of drug-likeness (QED) is 0.318. The Hall–Kier alpha value is -3.25. The number of rotatable bonds is 5. The summed E-state index contributed by atoms with van der Waals surface area (Å²) in [5.74, 6) is -0.353. The topological polar surface area (TPSA) is 95.7 Å². The van der Waals surface area contributed by atoms with Crippen LogP contribution in [-0.4, -0.2) is 30.9 Å². The normalized spacial score (nSPS) is 42.3. The molecule has 5 aliphatic rings. The predicted molar refractivity (Wildman–Crippen MR) is 195 cm³/mol. The summed E-state index contributed by atoms with van der Waals surface area (Å²) >= 11 is 0. The first-order valence-corrected chi connectivity index (χ1v) is 19.0. The molecule has 4 saturated carbocycles. The summed E-state index contributed by atoms with van der Waals surface area (Å²) in [6, 6.07) is 19.7. The van der Waals surface area contributed by atoms with Crippen molar-refractivity contribution in [3.8, 4) is 0 Å². The van der Waals surface area contributed by atoms with Crippen LogP contribution in [0.5, 0.6) is 0 Å². The number of nitrogens with two attached hydrogens (primary N) is 1. The Kier molecular flexibility index (Phi) is 8.37. The number of esters is 2. The fourth-order valence-corrected chi connectivity index (χ4v) is 12.4. The molecule has 6 heteroatoms. The number of hydrogen-bond acceptors (Lipinski definition) is 6. The second kappa shape index (κ2) is 11.9. The molecule has 7 rings (SSSR count). The molecule has 0 heterocycles. The zero-order valence-corrected chi connectivity index (χ0v) is 31.2. The van der Waals surface area contributed by atoms with Crippen LogP contribution in [0.25, 0.3) is 0 Å². The summed E-state index contributed by atoms with van der Waals surface area (Å²) < 4.78 is 11.9. The van der Waals surface area contributed by atoms with Crippen molar-refractivity contribution in [2.45, 2.75) is 111 Å². The van der Waals surface area contributed by atoms with E-state index in [1.165, 1.54) is 12.7 Å². The molecule has 0 unspecified atom stereocenters. The number of carbonyl (C=O) groups excluding carboxylic acids is 3. The smallest absolute Gasteiger partial charge is 0.313 e. The van der Waals surface area contributed by atoms with E-state index in [1.54, 1.807) is 0 Å². The van der Waals surface area contributed by atoms with E-state index in [9.17, 15) is 14.4 Å². The Balaban J connectivity index is 1.23. The number of benzene rings is 2. The van der Waals surface area contributed by atoms with Gasteiger partial charge < -0.3 is 15.2 Å². The largest absolute Gasteiger partial charge is 0.469 e. The van der Waals surface area contributed by atoms with Crippen molar-refractivity contribution in [1.29, 1.82) is 0 Å². The molecule has 50 heavy (non-hydrogen) atoms. The fourth-order valence-electron chi connectivity index (χ4n) is 12.4. The molecule has 0 radical (unpaired) electrons. The van der Waals surface area contributed by atoms with Crippen molar-refractivity contribution in [3.63, 3.8) is 0 Å². The van der Waals surface area contributed by atoms with Crippen LogP contribution < -0.4 is 5.73 Å². The van der Waals surface area contributed by atoms with Crippen LogP contribution in [0.1, 0.15) is 117 Å². The van der Waals surface area contributed by atoms with Crippen LogP contribution in [0.15, 0.2) is 72.3 Å². The molecule has 0 aromatic heterocycles. The first-order valence-electron chi connectivity index (χ1n) is 19.0. The van der Waals surface area contributed by atoms with Crippen molar-refractivity contribution in [1.82, 2.24) is 0 Å². The predicted octanol–water partition coefficient (Wildman–Crippen LogP) is 8.78. The maximum atomic E-state index is 14.8. The van der Waals surface area contributed by atoms with Gasteiger partial charge >= 0.3 is 11.9 Å². The SMILES string of the molecule is COC(=O)[C@@]1(C)[C@@H]2CC[C@]3(C)[C@H](C(=O)C=C4[C@@H]5C[C@@](C)(C(=O)OC(c6ccccc6)c6ccccc6)CC[C@]5(C)CC[C@]43C)[C@@]2(C)CC[C@@H]1N. The van der Waals surface area contributed by atoms with Crippen molar-refractivity contribution in [3.05, 3.63) is 83.4 Å². The third-order valence-electron chi connectivity index (χ3n) is 15.9. The van der Waals surface area contributed by atoms with Crippen LogP contribution in [0.2, 0.25) is 0 Å². The number of allylic oxidation sites excluding steroid dienone is 2. The van der Waals surface area contributed by atoms with E-state index >= 15 is 0 Å². The Morgan fingerprint density at radius 1 is 0.780 bits per heavy atom. The van der Waals surface area contributed by atoms with Gasteiger partial charge in [-0.05, 0) is 122 Å². The molecule has 2 N–H and O–H groups in total. The molecule has 268 valence electrons. The zero-order chi connectivity index (χ0) is 35.9. The number of methoxy groups -OCH3 is 1.